The van der Waals surface area contributed by atoms with Crippen molar-refractivity contribution in [1.29, 1.82) is 0 Å². The minimum absolute atomic E-state index is 0.771. The average Bonchev–Trinajstić information content (AvgIpc) is 2.87. The van der Waals surface area contributed by atoms with E-state index in [4.69, 9.17) is 4.74 Å². The van der Waals surface area contributed by atoms with E-state index in [1.807, 2.05) is 36.4 Å². The van der Waals surface area contributed by atoms with Crippen molar-refractivity contribution < 1.29 is 4.74 Å². The maximum atomic E-state index is 5.80. The lowest BCUT2D eigenvalue weighted by atomic mass is 9.97. The maximum absolute atomic E-state index is 5.80. The van der Waals surface area contributed by atoms with Gasteiger partial charge in [-0.05, 0) is 76.6 Å². The molecule has 0 atom stereocenters. The molecule has 4 aromatic rings. The second-order valence-corrected chi connectivity index (χ2v) is 8.04. The van der Waals surface area contributed by atoms with Crippen LogP contribution in [0.3, 0.4) is 0 Å². The molecular formula is C32H28O. The molecule has 1 nitrogen and oxygen atoms in total. The highest BCUT2D eigenvalue weighted by atomic mass is 16.5. The summed E-state index contributed by atoms with van der Waals surface area (Å²) in [5, 5.41) is 2.47. The lowest BCUT2D eigenvalue weighted by molar-refractivity contribution is 0.305. The Balaban J connectivity index is 1.44. The van der Waals surface area contributed by atoms with E-state index >= 15 is 0 Å². The van der Waals surface area contributed by atoms with E-state index in [9.17, 15) is 0 Å². The number of ether oxygens (including phenoxy) is 1. The number of rotatable bonds is 7. The third-order valence-electron chi connectivity index (χ3n) is 5.57. The Hall–Kier alpha value is -3.94. The zero-order valence-electron chi connectivity index (χ0n) is 19.1. The van der Waals surface area contributed by atoms with Crippen molar-refractivity contribution in [2.24, 2.45) is 0 Å². The first-order valence-corrected chi connectivity index (χ1v) is 11.7. The number of hydrogen-bond donors (Lipinski definition) is 0. The van der Waals surface area contributed by atoms with Crippen LogP contribution in [-0.4, -0.2) is 6.61 Å². The molecule has 0 fully saturated rings. The molecular weight excluding hydrogens is 400 g/mol. The van der Waals surface area contributed by atoms with Crippen molar-refractivity contribution in [3.05, 3.63) is 102 Å². The summed E-state index contributed by atoms with van der Waals surface area (Å²) >= 11 is 0. The van der Waals surface area contributed by atoms with Crippen molar-refractivity contribution in [3.8, 4) is 40.6 Å². The fourth-order valence-corrected chi connectivity index (χ4v) is 3.76. The molecule has 0 radical (unpaired) electrons. The van der Waals surface area contributed by atoms with Gasteiger partial charge < -0.3 is 4.74 Å². The maximum Gasteiger partial charge on any atom is 0.119 e. The van der Waals surface area contributed by atoms with Crippen molar-refractivity contribution in [3.63, 3.8) is 0 Å². The molecule has 0 amide bonds. The summed E-state index contributed by atoms with van der Waals surface area (Å²) < 4.78 is 5.80. The molecule has 33 heavy (non-hydrogen) atoms. The summed E-state index contributed by atoms with van der Waals surface area (Å²) in [6.07, 6.45) is 4.84. The zero-order valence-corrected chi connectivity index (χ0v) is 19.1. The van der Waals surface area contributed by atoms with Crippen molar-refractivity contribution in [2.45, 2.75) is 32.6 Å². The van der Waals surface area contributed by atoms with Gasteiger partial charge in [0.15, 0.2) is 0 Å². The second-order valence-electron chi connectivity index (χ2n) is 8.04. The molecule has 0 aliphatic rings. The van der Waals surface area contributed by atoms with E-state index in [0.29, 0.717) is 0 Å². The van der Waals surface area contributed by atoms with Crippen molar-refractivity contribution in [2.75, 3.05) is 6.61 Å². The van der Waals surface area contributed by atoms with Crippen molar-refractivity contribution >= 4 is 10.8 Å². The molecule has 4 aromatic carbocycles. The van der Waals surface area contributed by atoms with Crippen LogP contribution in [-0.2, 0) is 0 Å². The molecule has 0 aromatic heterocycles. The highest BCUT2D eigenvalue weighted by Crippen LogP contribution is 2.27. The number of benzene rings is 4. The molecule has 0 bridgehead atoms. The highest BCUT2D eigenvalue weighted by molar-refractivity contribution is 5.88. The first-order valence-electron chi connectivity index (χ1n) is 11.7. The summed E-state index contributed by atoms with van der Waals surface area (Å²) in [6.45, 7) is 2.99. The van der Waals surface area contributed by atoms with Gasteiger partial charge in [0.05, 0.1) is 6.61 Å². The van der Waals surface area contributed by atoms with Crippen LogP contribution in [0, 0.1) is 23.7 Å². The smallest absolute Gasteiger partial charge is 0.119 e. The first-order chi connectivity index (χ1) is 16.3. The van der Waals surface area contributed by atoms with Crippen LogP contribution in [0.25, 0.3) is 21.9 Å². The van der Waals surface area contributed by atoms with Gasteiger partial charge >= 0.3 is 0 Å². The minimum Gasteiger partial charge on any atom is -0.494 e. The largest absolute Gasteiger partial charge is 0.494 e. The molecule has 0 aliphatic carbocycles. The lowest BCUT2D eigenvalue weighted by Crippen LogP contribution is -1.96. The third kappa shape index (κ3) is 6.29. The normalized spacial score (nSPS) is 10.1. The highest BCUT2D eigenvalue weighted by Gasteiger charge is 2.03. The van der Waals surface area contributed by atoms with Crippen molar-refractivity contribution in [1.82, 2.24) is 0 Å². The van der Waals surface area contributed by atoms with Gasteiger partial charge in [-0.2, -0.15) is 0 Å². The number of fused-ring (bicyclic) bond motifs is 1. The molecule has 0 aliphatic heterocycles. The molecule has 0 spiro atoms. The predicted octanol–water partition coefficient (Wildman–Crippen LogP) is 7.87. The summed E-state index contributed by atoms with van der Waals surface area (Å²) in [6, 6.07) is 31.1. The first kappa shape index (κ1) is 22.3. The Labute approximate surface area is 197 Å². The van der Waals surface area contributed by atoms with Crippen LogP contribution in [0.2, 0.25) is 0 Å². The van der Waals surface area contributed by atoms with E-state index in [1.54, 1.807) is 0 Å². The standard InChI is InChI=1S/C32H28O/c1-2-3-4-11-24-33-31-22-18-26(19-23-31)12-5-6-14-28-15-9-10-17-32(28)30-21-20-27-13-7-8-16-29(27)25-30/h7-10,13,15-23,25H,2-4,11,24H2,1H3. The van der Waals surface area contributed by atoms with Crippen LogP contribution >= 0.6 is 0 Å². The van der Waals surface area contributed by atoms with Gasteiger partial charge in [0, 0.05) is 11.1 Å². The summed E-state index contributed by atoms with van der Waals surface area (Å²) in [5.74, 6) is 13.3. The molecule has 0 heterocycles. The third-order valence-corrected chi connectivity index (χ3v) is 5.57. The summed E-state index contributed by atoms with van der Waals surface area (Å²) in [5.41, 5.74) is 4.20. The van der Waals surface area contributed by atoms with E-state index in [-0.39, 0.29) is 0 Å². The van der Waals surface area contributed by atoms with Crippen LogP contribution in [0.1, 0.15) is 43.7 Å². The van der Waals surface area contributed by atoms with Gasteiger partial charge in [-0.25, -0.2) is 0 Å². The minimum atomic E-state index is 0.771. The van der Waals surface area contributed by atoms with E-state index in [0.717, 1.165) is 41.0 Å². The van der Waals surface area contributed by atoms with Gasteiger partial charge in [-0.3, -0.25) is 0 Å². The molecule has 0 saturated heterocycles. The SMILES string of the molecule is CCCCCCOc1ccc(C#CC#Cc2ccccc2-c2ccc3ccccc3c2)cc1. The second kappa shape index (κ2) is 11.6. The lowest BCUT2D eigenvalue weighted by Gasteiger charge is -2.06. The van der Waals surface area contributed by atoms with E-state index in [2.05, 4.69) is 85.2 Å². The Morgan fingerprint density at radius 3 is 2.27 bits per heavy atom. The monoisotopic (exact) mass is 428 g/mol. The Morgan fingerprint density at radius 2 is 1.42 bits per heavy atom. The average molecular weight is 429 g/mol. The molecule has 162 valence electrons. The van der Waals surface area contributed by atoms with Gasteiger partial charge in [0.1, 0.15) is 5.75 Å². The number of hydrogen-bond acceptors (Lipinski definition) is 1. The Bertz CT molecular complexity index is 1320. The number of unbranched alkanes of at least 4 members (excludes halogenated alkanes) is 3. The fourth-order valence-electron chi connectivity index (χ4n) is 3.76. The fraction of sp³-hybridized carbons (Fsp3) is 0.188. The Morgan fingerprint density at radius 1 is 0.667 bits per heavy atom. The zero-order chi connectivity index (χ0) is 22.7. The quantitative estimate of drug-likeness (QED) is 0.215. The topological polar surface area (TPSA) is 9.23 Å². The van der Waals surface area contributed by atoms with Crippen LogP contribution < -0.4 is 4.74 Å². The van der Waals surface area contributed by atoms with Gasteiger partial charge in [-0.15, -0.1) is 0 Å². The van der Waals surface area contributed by atoms with Crippen LogP contribution in [0.5, 0.6) is 5.75 Å². The summed E-state index contributed by atoms with van der Waals surface area (Å²) in [4.78, 5) is 0. The summed E-state index contributed by atoms with van der Waals surface area (Å²) in [7, 11) is 0. The Kier molecular flexibility index (Phi) is 7.83. The molecule has 1 heteroatoms. The predicted molar refractivity (Wildman–Crippen MR) is 139 cm³/mol. The van der Waals surface area contributed by atoms with Crippen LogP contribution in [0.4, 0.5) is 0 Å². The molecule has 4 rings (SSSR count). The van der Waals surface area contributed by atoms with Gasteiger partial charge in [0.2, 0.25) is 0 Å². The van der Waals surface area contributed by atoms with E-state index in [1.165, 1.54) is 30.0 Å². The van der Waals surface area contributed by atoms with Gasteiger partial charge in [0.25, 0.3) is 0 Å². The van der Waals surface area contributed by atoms with Gasteiger partial charge in [-0.1, -0.05) is 92.6 Å². The molecule has 0 unspecified atom stereocenters. The molecule has 0 saturated carbocycles. The van der Waals surface area contributed by atoms with E-state index < -0.39 is 0 Å². The van der Waals surface area contributed by atoms with Crippen LogP contribution in [0.15, 0.2) is 91.0 Å². The molecule has 0 N–H and O–H groups in total.